The van der Waals surface area contributed by atoms with Crippen LogP contribution in [0.1, 0.15) is 54.7 Å². The SMILES string of the molecule is O=C(NC1CCC2(CC1)CCN(c1ccc(F)cc1Cl)C2=O)c1cccc(C(F)F)n1. The molecule has 9 heteroatoms. The number of nitrogens with one attached hydrogen (secondary N) is 1. The summed E-state index contributed by atoms with van der Waals surface area (Å²) in [4.78, 5) is 30.9. The van der Waals surface area contributed by atoms with Crippen molar-refractivity contribution in [2.24, 2.45) is 5.41 Å². The van der Waals surface area contributed by atoms with Crippen molar-refractivity contribution in [3.63, 3.8) is 0 Å². The summed E-state index contributed by atoms with van der Waals surface area (Å²) < 4.78 is 39.0. The zero-order valence-electron chi connectivity index (χ0n) is 16.6. The van der Waals surface area contributed by atoms with Gasteiger partial charge >= 0.3 is 0 Å². The summed E-state index contributed by atoms with van der Waals surface area (Å²) in [5.74, 6) is -0.988. The van der Waals surface area contributed by atoms with Crippen LogP contribution in [-0.2, 0) is 4.79 Å². The predicted molar refractivity (Wildman–Crippen MR) is 110 cm³/mol. The number of nitrogens with zero attached hydrogens (tertiary/aromatic N) is 2. The average Bonchev–Trinajstić information content (AvgIpc) is 3.06. The van der Waals surface area contributed by atoms with Crippen LogP contribution >= 0.6 is 11.6 Å². The first-order valence-corrected chi connectivity index (χ1v) is 10.5. The maximum atomic E-state index is 13.3. The Kier molecular flexibility index (Phi) is 5.92. The van der Waals surface area contributed by atoms with Crippen LogP contribution in [0.3, 0.4) is 0 Å². The molecule has 1 saturated heterocycles. The van der Waals surface area contributed by atoms with E-state index in [1.165, 1.54) is 36.4 Å². The van der Waals surface area contributed by atoms with Gasteiger partial charge in [-0.05, 0) is 62.4 Å². The highest BCUT2D eigenvalue weighted by molar-refractivity contribution is 6.34. The van der Waals surface area contributed by atoms with Gasteiger partial charge < -0.3 is 10.2 Å². The van der Waals surface area contributed by atoms with E-state index in [0.717, 1.165) is 0 Å². The van der Waals surface area contributed by atoms with Crippen LogP contribution in [0.4, 0.5) is 18.9 Å². The second-order valence-corrected chi connectivity index (χ2v) is 8.49. The van der Waals surface area contributed by atoms with Gasteiger partial charge in [0.2, 0.25) is 5.91 Å². The molecule has 1 saturated carbocycles. The fraction of sp³-hybridized carbons (Fsp3) is 0.409. The molecule has 1 N–H and O–H groups in total. The lowest BCUT2D eigenvalue weighted by atomic mass is 9.71. The van der Waals surface area contributed by atoms with Gasteiger partial charge in [-0.2, -0.15) is 0 Å². The number of hydrogen-bond donors (Lipinski definition) is 1. The molecule has 2 fully saturated rings. The van der Waals surface area contributed by atoms with E-state index in [2.05, 4.69) is 10.3 Å². The van der Waals surface area contributed by atoms with Crippen LogP contribution in [0.25, 0.3) is 0 Å². The van der Waals surface area contributed by atoms with E-state index < -0.39 is 29.3 Å². The van der Waals surface area contributed by atoms with E-state index in [1.54, 1.807) is 4.90 Å². The lowest BCUT2D eigenvalue weighted by Crippen LogP contribution is -2.44. The average molecular weight is 452 g/mol. The summed E-state index contributed by atoms with van der Waals surface area (Å²) in [5, 5.41) is 3.05. The van der Waals surface area contributed by atoms with Crippen LogP contribution in [0.2, 0.25) is 5.02 Å². The number of amides is 2. The molecule has 0 radical (unpaired) electrons. The van der Waals surface area contributed by atoms with E-state index >= 15 is 0 Å². The number of anilines is 1. The maximum absolute atomic E-state index is 13.3. The number of hydrogen-bond acceptors (Lipinski definition) is 3. The van der Waals surface area contributed by atoms with Gasteiger partial charge in [0.15, 0.2) is 0 Å². The predicted octanol–water partition coefficient (Wildman–Crippen LogP) is 4.91. The van der Waals surface area contributed by atoms with Gasteiger partial charge in [-0.15, -0.1) is 0 Å². The van der Waals surface area contributed by atoms with Crippen LogP contribution in [0.5, 0.6) is 0 Å². The lowest BCUT2D eigenvalue weighted by molar-refractivity contribution is -0.127. The van der Waals surface area contributed by atoms with Crippen LogP contribution in [-0.4, -0.2) is 29.4 Å². The van der Waals surface area contributed by atoms with Gasteiger partial charge in [0, 0.05) is 12.6 Å². The molecular weight excluding hydrogens is 431 g/mol. The lowest BCUT2D eigenvalue weighted by Gasteiger charge is -2.36. The van der Waals surface area contributed by atoms with Gasteiger partial charge in [0.05, 0.1) is 16.1 Å². The zero-order chi connectivity index (χ0) is 22.2. The van der Waals surface area contributed by atoms with Crippen LogP contribution in [0, 0.1) is 11.2 Å². The minimum absolute atomic E-state index is 0.0305. The summed E-state index contributed by atoms with van der Waals surface area (Å²) in [6, 6.07) is 7.78. The Morgan fingerprint density at radius 3 is 2.61 bits per heavy atom. The summed E-state index contributed by atoms with van der Waals surface area (Å²) >= 11 is 6.14. The number of benzene rings is 1. The fourth-order valence-electron chi connectivity index (χ4n) is 4.49. The van der Waals surface area contributed by atoms with Crippen LogP contribution < -0.4 is 10.2 Å². The van der Waals surface area contributed by atoms with Crippen molar-refractivity contribution in [3.05, 3.63) is 58.6 Å². The third-order valence-electron chi connectivity index (χ3n) is 6.22. The molecule has 0 atom stereocenters. The molecule has 0 bridgehead atoms. The van der Waals surface area contributed by atoms with E-state index in [9.17, 15) is 22.8 Å². The Morgan fingerprint density at radius 1 is 1.19 bits per heavy atom. The molecule has 1 aliphatic carbocycles. The molecule has 1 aromatic carbocycles. The first-order valence-electron chi connectivity index (χ1n) is 10.1. The van der Waals surface area contributed by atoms with Crippen molar-refractivity contribution >= 4 is 29.1 Å². The quantitative estimate of drug-likeness (QED) is 0.718. The summed E-state index contributed by atoms with van der Waals surface area (Å²) in [6.45, 7) is 0.506. The Labute approximate surface area is 182 Å². The van der Waals surface area contributed by atoms with E-state index in [-0.39, 0.29) is 22.7 Å². The largest absolute Gasteiger partial charge is 0.348 e. The van der Waals surface area contributed by atoms with Crippen molar-refractivity contribution in [1.29, 1.82) is 0 Å². The van der Waals surface area contributed by atoms with Crippen molar-refractivity contribution < 1.29 is 22.8 Å². The van der Waals surface area contributed by atoms with Crippen molar-refractivity contribution in [3.8, 4) is 0 Å². The van der Waals surface area contributed by atoms with Gasteiger partial charge in [-0.3, -0.25) is 9.59 Å². The molecule has 1 aromatic heterocycles. The molecule has 1 aliphatic heterocycles. The molecule has 5 nitrogen and oxygen atoms in total. The molecule has 2 amide bonds. The van der Waals surface area contributed by atoms with Crippen molar-refractivity contribution in [2.45, 2.75) is 44.6 Å². The second kappa shape index (κ2) is 8.49. The van der Waals surface area contributed by atoms with Gasteiger partial charge in [0.1, 0.15) is 17.2 Å². The minimum Gasteiger partial charge on any atom is -0.348 e. The van der Waals surface area contributed by atoms with Gasteiger partial charge in [-0.25, -0.2) is 18.2 Å². The molecule has 2 aromatic rings. The van der Waals surface area contributed by atoms with E-state index in [0.29, 0.717) is 44.3 Å². The first-order chi connectivity index (χ1) is 14.8. The fourth-order valence-corrected chi connectivity index (χ4v) is 4.76. The molecular formula is C22H21ClF3N3O2. The molecule has 2 aliphatic rings. The maximum Gasteiger partial charge on any atom is 0.280 e. The Morgan fingerprint density at radius 2 is 1.94 bits per heavy atom. The topological polar surface area (TPSA) is 62.3 Å². The highest BCUT2D eigenvalue weighted by atomic mass is 35.5. The summed E-state index contributed by atoms with van der Waals surface area (Å²) in [7, 11) is 0. The Hall–Kier alpha value is -2.61. The number of halogens is 4. The first kappa shape index (κ1) is 21.6. The number of pyridine rings is 1. The number of alkyl halides is 2. The van der Waals surface area contributed by atoms with E-state index in [4.69, 9.17) is 11.6 Å². The molecule has 1 spiro atoms. The van der Waals surface area contributed by atoms with Gasteiger partial charge in [-0.1, -0.05) is 17.7 Å². The highest BCUT2D eigenvalue weighted by Gasteiger charge is 2.49. The minimum atomic E-state index is -2.74. The summed E-state index contributed by atoms with van der Waals surface area (Å²) in [6.07, 6.45) is 0.299. The monoisotopic (exact) mass is 451 g/mol. The number of rotatable bonds is 4. The normalized spacial score (nSPS) is 23.6. The standard InChI is InChI=1S/C22H21ClF3N3O2/c23-15-12-13(24)4-5-18(15)29-11-10-22(21(29)31)8-6-14(7-9-22)27-20(30)17-3-1-2-16(28-17)19(25)26/h1-5,12,14,19H,6-11H2,(H,27,30). The highest BCUT2D eigenvalue weighted by Crippen LogP contribution is 2.47. The molecule has 31 heavy (non-hydrogen) atoms. The summed E-state index contributed by atoms with van der Waals surface area (Å²) in [5.41, 5.74) is -0.504. The molecule has 4 rings (SSSR count). The van der Waals surface area contributed by atoms with Crippen molar-refractivity contribution in [2.75, 3.05) is 11.4 Å². The smallest absolute Gasteiger partial charge is 0.280 e. The van der Waals surface area contributed by atoms with Crippen LogP contribution in [0.15, 0.2) is 36.4 Å². The second-order valence-electron chi connectivity index (χ2n) is 8.08. The molecule has 164 valence electrons. The number of carbonyl (C=O) groups is 2. The Balaban J connectivity index is 1.39. The molecule has 2 heterocycles. The zero-order valence-corrected chi connectivity index (χ0v) is 17.3. The molecule has 0 unspecified atom stereocenters. The third-order valence-corrected chi connectivity index (χ3v) is 6.52. The number of carbonyl (C=O) groups excluding carboxylic acids is 2. The number of aromatic nitrogens is 1. The van der Waals surface area contributed by atoms with E-state index in [1.807, 2.05) is 0 Å². The third kappa shape index (κ3) is 4.26. The van der Waals surface area contributed by atoms with Crippen molar-refractivity contribution in [1.82, 2.24) is 10.3 Å². The van der Waals surface area contributed by atoms with Gasteiger partial charge in [0.25, 0.3) is 12.3 Å². The Bertz CT molecular complexity index is 1010.